The first-order chi connectivity index (χ1) is 9.06. The van der Waals surface area contributed by atoms with E-state index in [2.05, 4.69) is 16.8 Å². The SMILES string of the molecule is CC(=O)C1CCN(C(=O)CN2CCN(C)CC2)CC1. The minimum atomic E-state index is 0.174. The predicted molar refractivity (Wildman–Crippen MR) is 73.9 cm³/mol. The van der Waals surface area contributed by atoms with Crippen LogP contribution in [0.1, 0.15) is 19.8 Å². The Morgan fingerprint density at radius 3 is 2.11 bits per heavy atom. The zero-order chi connectivity index (χ0) is 13.8. The molecule has 19 heavy (non-hydrogen) atoms. The van der Waals surface area contributed by atoms with E-state index in [1.807, 2.05) is 4.90 Å². The maximum atomic E-state index is 12.2. The highest BCUT2D eigenvalue weighted by atomic mass is 16.2. The van der Waals surface area contributed by atoms with Gasteiger partial charge in [-0.1, -0.05) is 0 Å². The van der Waals surface area contributed by atoms with Crippen molar-refractivity contribution in [3.8, 4) is 0 Å². The number of carbonyl (C=O) groups is 2. The number of Topliss-reactive ketones (excluding diaryl/α,β-unsaturated/α-hetero) is 1. The maximum absolute atomic E-state index is 12.2. The summed E-state index contributed by atoms with van der Waals surface area (Å²) in [6.45, 7) is 7.73. The lowest BCUT2D eigenvalue weighted by atomic mass is 9.93. The van der Waals surface area contributed by atoms with Gasteiger partial charge in [0.15, 0.2) is 0 Å². The fraction of sp³-hybridized carbons (Fsp3) is 0.857. The van der Waals surface area contributed by atoms with Crippen molar-refractivity contribution in [2.24, 2.45) is 5.92 Å². The molecule has 0 saturated carbocycles. The van der Waals surface area contributed by atoms with Gasteiger partial charge < -0.3 is 9.80 Å². The van der Waals surface area contributed by atoms with Crippen molar-refractivity contribution in [2.45, 2.75) is 19.8 Å². The average molecular weight is 267 g/mol. The van der Waals surface area contributed by atoms with Crippen LogP contribution in [-0.2, 0) is 9.59 Å². The van der Waals surface area contributed by atoms with Crippen molar-refractivity contribution >= 4 is 11.7 Å². The normalized spacial score (nSPS) is 23.6. The molecule has 2 saturated heterocycles. The number of ketones is 1. The van der Waals surface area contributed by atoms with Gasteiger partial charge in [0, 0.05) is 45.2 Å². The largest absolute Gasteiger partial charge is 0.342 e. The summed E-state index contributed by atoms with van der Waals surface area (Å²) in [5.74, 6) is 0.672. The molecule has 2 rings (SSSR count). The van der Waals surface area contributed by atoms with E-state index in [1.54, 1.807) is 6.92 Å². The van der Waals surface area contributed by atoms with Crippen LogP contribution in [-0.4, -0.2) is 79.3 Å². The van der Waals surface area contributed by atoms with E-state index >= 15 is 0 Å². The predicted octanol–water partition coefficient (Wildman–Crippen LogP) is 0.0614. The zero-order valence-corrected chi connectivity index (χ0v) is 12.1. The summed E-state index contributed by atoms with van der Waals surface area (Å²) in [6, 6.07) is 0. The first-order valence-electron chi connectivity index (χ1n) is 7.25. The number of amides is 1. The second-order valence-electron chi connectivity index (χ2n) is 5.85. The monoisotopic (exact) mass is 267 g/mol. The number of likely N-dealkylation sites (N-methyl/N-ethyl adjacent to an activating group) is 1. The average Bonchev–Trinajstić information content (AvgIpc) is 2.41. The van der Waals surface area contributed by atoms with Gasteiger partial charge >= 0.3 is 0 Å². The summed E-state index contributed by atoms with van der Waals surface area (Å²) in [5, 5.41) is 0. The van der Waals surface area contributed by atoms with E-state index in [4.69, 9.17) is 0 Å². The van der Waals surface area contributed by atoms with Crippen molar-refractivity contribution < 1.29 is 9.59 Å². The highest BCUT2D eigenvalue weighted by Gasteiger charge is 2.26. The Kier molecular flexibility index (Phi) is 4.93. The van der Waals surface area contributed by atoms with Crippen LogP contribution in [0.3, 0.4) is 0 Å². The summed E-state index contributed by atoms with van der Waals surface area (Å²) in [6.07, 6.45) is 1.67. The van der Waals surface area contributed by atoms with Crippen LogP contribution >= 0.6 is 0 Å². The minimum Gasteiger partial charge on any atom is -0.342 e. The second kappa shape index (κ2) is 6.48. The van der Waals surface area contributed by atoms with Crippen molar-refractivity contribution in [2.75, 3.05) is 52.9 Å². The number of carbonyl (C=O) groups excluding carboxylic acids is 2. The summed E-state index contributed by atoms with van der Waals surface area (Å²) in [5.41, 5.74) is 0. The van der Waals surface area contributed by atoms with E-state index in [1.165, 1.54) is 0 Å². The number of nitrogens with zero attached hydrogens (tertiary/aromatic N) is 3. The fourth-order valence-electron chi connectivity index (χ4n) is 2.83. The van der Waals surface area contributed by atoms with E-state index in [0.29, 0.717) is 6.54 Å². The van der Waals surface area contributed by atoms with Crippen LogP contribution in [0, 0.1) is 5.92 Å². The smallest absolute Gasteiger partial charge is 0.236 e. The number of hydrogen-bond donors (Lipinski definition) is 0. The Morgan fingerprint density at radius 1 is 1.00 bits per heavy atom. The van der Waals surface area contributed by atoms with Crippen molar-refractivity contribution in [3.63, 3.8) is 0 Å². The Balaban J connectivity index is 1.74. The molecular formula is C14H25N3O2. The number of rotatable bonds is 3. The Hall–Kier alpha value is -0.940. The molecule has 5 nitrogen and oxygen atoms in total. The Bertz CT molecular complexity index is 330. The van der Waals surface area contributed by atoms with Gasteiger partial charge in [-0.2, -0.15) is 0 Å². The molecule has 2 aliphatic heterocycles. The number of likely N-dealkylation sites (tertiary alicyclic amines) is 1. The lowest BCUT2D eigenvalue weighted by molar-refractivity contribution is -0.136. The van der Waals surface area contributed by atoms with Crippen LogP contribution in [0.5, 0.6) is 0 Å². The van der Waals surface area contributed by atoms with Gasteiger partial charge in [0.2, 0.25) is 5.91 Å². The van der Waals surface area contributed by atoms with Gasteiger partial charge in [-0.3, -0.25) is 14.5 Å². The zero-order valence-electron chi connectivity index (χ0n) is 12.1. The quantitative estimate of drug-likeness (QED) is 0.725. The van der Waals surface area contributed by atoms with Gasteiger partial charge in [0.25, 0.3) is 0 Å². The molecule has 108 valence electrons. The molecule has 0 radical (unpaired) electrons. The molecule has 0 unspecified atom stereocenters. The first kappa shape index (κ1) is 14.5. The molecule has 0 spiro atoms. The van der Waals surface area contributed by atoms with Gasteiger partial charge in [0.05, 0.1) is 6.54 Å². The number of piperazine rings is 1. The van der Waals surface area contributed by atoms with E-state index in [-0.39, 0.29) is 17.6 Å². The summed E-state index contributed by atoms with van der Waals surface area (Å²) < 4.78 is 0. The second-order valence-corrected chi connectivity index (χ2v) is 5.85. The molecular weight excluding hydrogens is 242 g/mol. The summed E-state index contributed by atoms with van der Waals surface area (Å²) in [7, 11) is 2.12. The van der Waals surface area contributed by atoms with Gasteiger partial charge in [0.1, 0.15) is 5.78 Å². The molecule has 0 aromatic rings. The summed E-state index contributed by atoms with van der Waals surface area (Å²) in [4.78, 5) is 30.0. The van der Waals surface area contributed by atoms with E-state index < -0.39 is 0 Å². The third kappa shape index (κ3) is 4.01. The number of hydrogen-bond acceptors (Lipinski definition) is 4. The minimum absolute atomic E-state index is 0.174. The molecule has 0 aromatic heterocycles. The lowest BCUT2D eigenvalue weighted by Gasteiger charge is -2.35. The third-order valence-corrected chi connectivity index (χ3v) is 4.38. The van der Waals surface area contributed by atoms with Crippen molar-refractivity contribution in [1.82, 2.24) is 14.7 Å². The van der Waals surface area contributed by atoms with Crippen LogP contribution in [0.25, 0.3) is 0 Å². The van der Waals surface area contributed by atoms with Gasteiger partial charge in [-0.05, 0) is 26.8 Å². The lowest BCUT2D eigenvalue weighted by Crippen LogP contribution is -2.50. The molecule has 0 atom stereocenters. The molecule has 2 heterocycles. The van der Waals surface area contributed by atoms with E-state index in [0.717, 1.165) is 52.1 Å². The molecule has 0 aromatic carbocycles. The standard InChI is InChI=1S/C14H25N3O2/c1-12(18)13-3-5-17(6-4-13)14(19)11-16-9-7-15(2)8-10-16/h13H,3-11H2,1-2H3. The van der Waals surface area contributed by atoms with Gasteiger partial charge in [-0.25, -0.2) is 0 Å². The Morgan fingerprint density at radius 2 is 1.58 bits per heavy atom. The fourth-order valence-corrected chi connectivity index (χ4v) is 2.83. The molecule has 2 aliphatic rings. The van der Waals surface area contributed by atoms with Crippen molar-refractivity contribution in [3.05, 3.63) is 0 Å². The molecule has 2 fully saturated rings. The molecule has 0 aliphatic carbocycles. The third-order valence-electron chi connectivity index (χ3n) is 4.38. The van der Waals surface area contributed by atoms with Crippen LogP contribution in [0.2, 0.25) is 0 Å². The highest BCUT2D eigenvalue weighted by molar-refractivity contribution is 5.80. The first-order valence-corrected chi connectivity index (χ1v) is 7.25. The highest BCUT2D eigenvalue weighted by Crippen LogP contribution is 2.18. The van der Waals surface area contributed by atoms with Crippen LogP contribution in [0.4, 0.5) is 0 Å². The molecule has 1 amide bonds. The van der Waals surface area contributed by atoms with Crippen LogP contribution < -0.4 is 0 Å². The van der Waals surface area contributed by atoms with Crippen LogP contribution in [0.15, 0.2) is 0 Å². The van der Waals surface area contributed by atoms with Gasteiger partial charge in [-0.15, -0.1) is 0 Å². The number of piperidine rings is 1. The molecule has 0 bridgehead atoms. The van der Waals surface area contributed by atoms with Crippen molar-refractivity contribution in [1.29, 1.82) is 0 Å². The molecule has 5 heteroatoms. The summed E-state index contributed by atoms with van der Waals surface area (Å²) >= 11 is 0. The van der Waals surface area contributed by atoms with E-state index in [9.17, 15) is 9.59 Å². The molecule has 0 N–H and O–H groups in total. The topological polar surface area (TPSA) is 43.9 Å². The Labute approximate surface area is 115 Å². The maximum Gasteiger partial charge on any atom is 0.236 e.